The molecule has 0 saturated carbocycles. The number of allylic oxidation sites excluding steroid dienone is 1. The molecule has 1 aliphatic rings. The van der Waals surface area contributed by atoms with Crippen LogP contribution in [-0.2, 0) is 15.8 Å². The van der Waals surface area contributed by atoms with Gasteiger partial charge in [0, 0.05) is 6.42 Å². The Balaban J connectivity index is 2.37. The zero-order chi connectivity index (χ0) is 12.5. The van der Waals surface area contributed by atoms with Crippen molar-refractivity contribution >= 4 is 13.5 Å². The average Bonchev–Trinajstić information content (AvgIpc) is 2.60. The van der Waals surface area contributed by atoms with E-state index in [9.17, 15) is 9.36 Å². The van der Waals surface area contributed by atoms with Gasteiger partial charge in [-0.3, -0.25) is 9.36 Å². The Labute approximate surface area is 96.9 Å². The van der Waals surface area contributed by atoms with Crippen molar-refractivity contribution in [3.8, 4) is 0 Å². The van der Waals surface area contributed by atoms with Gasteiger partial charge in [-0.15, -0.1) is 5.11 Å². The van der Waals surface area contributed by atoms with Crippen LogP contribution in [0, 0.1) is 0 Å². The monoisotopic (exact) mass is 252 g/mol. The number of azo groups is 1. The first-order chi connectivity index (χ1) is 7.98. The maximum atomic E-state index is 11.2. The van der Waals surface area contributed by atoms with Crippen molar-refractivity contribution in [3.05, 3.63) is 46.9 Å². The third-order valence-electron chi connectivity index (χ3n) is 2.24. The Kier molecular flexibility index (Phi) is 3.02. The summed E-state index contributed by atoms with van der Waals surface area (Å²) >= 11 is 0. The summed E-state index contributed by atoms with van der Waals surface area (Å²) in [7, 11) is -4.62. The topological polar surface area (TPSA) is 99.3 Å². The predicted octanol–water partition coefficient (Wildman–Crippen LogP) is 1.61. The lowest BCUT2D eigenvalue weighted by Crippen LogP contribution is -1.99. The Morgan fingerprint density at radius 3 is 2.35 bits per heavy atom. The van der Waals surface area contributed by atoms with Crippen molar-refractivity contribution in [3.63, 3.8) is 0 Å². The molecule has 17 heavy (non-hydrogen) atoms. The van der Waals surface area contributed by atoms with E-state index < -0.39 is 18.8 Å². The SMILES string of the molecule is O=C1N=NC(Cc2ccccc2)=C1P(=O)(O)O. The molecule has 88 valence electrons. The smallest absolute Gasteiger partial charge is 0.321 e. The molecule has 0 spiro atoms. The van der Waals surface area contributed by atoms with E-state index in [-0.39, 0.29) is 12.1 Å². The fourth-order valence-electron chi connectivity index (χ4n) is 1.52. The van der Waals surface area contributed by atoms with E-state index in [1.165, 1.54) is 0 Å². The number of amides is 1. The van der Waals surface area contributed by atoms with Gasteiger partial charge in [-0.25, -0.2) is 0 Å². The summed E-state index contributed by atoms with van der Waals surface area (Å²) in [5, 5.41) is 6.11. The molecule has 6 nitrogen and oxygen atoms in total. The van der Waals surface area contributed by atoms with Gasteiger partial charge in [0.05, 0.1) is 5.70 Å². The third kappa shape index (κ3) is 2.55. The summed E-state index contributed by atoms with van der Waals surface area (Å²) in [5.41, 5.74) is 0.844. The molecule has 0 aromatic heterocycles. The molecule has 0 bridgehead atoms. The van der Waals surface area contributed by atoms with Crippen molar-refractivity contribution in [1.82, 2.24) is 0 Å². The van der Waals surface area contributed by atoms with Crippen LogP contribution in [0.25, 0.3) is 0 Å². The normalized spacial score (nSPS) is 15.8. The lowest BCUT2D eigenvalue weighted by atomic mass is 10.1. The Morgan fingerprint density at radius 1 is 1.12 bits per heavy atom. The molecule has 7 heteroatoms. The number of carbonyl (C=O) groups is 1. The summed E-state index contributed by atoms with van der Waals surface area (Å²) in [6.07, 6.45) is 0.177. The molecule has 0 atom stereocenters. The number of hydrogen-bond donors (Lipinski definition) is 2. The first kappa shape index (κ1) is 11.9. The molecule has 1 amide bonds. The van der Waals surface area contributed by atoms with E-state index in [4.69, 9.17) is 9.79 Å². The van der Waals surface area contributed by atoms with Crippen LogP contribution in [0.15, 0.2) is 51.6 Å². The second-order valence-corrected chi connectivity index (χ2v) is 5.04. The predicted molar refractivity (Wildman–Crippen MR) is 59.1 cm³/mol. The van der Waals surface area contributed by atoms with E-state index in [0.717, 1.165) is 5.56 Å². The van der Waals surface area contributed by atoms with Crippen molar-refractivity contribution in [2.24, 2.45) is 10.2 Å². The van der Waals surface area contributed by atoms with Gasteiger partial charge in [0.2, 0.25) is 0 Å². The Hall–Kier alpha value is -1.62. The molecule has 0 unspecified atom stereocenters. The second kappa shape index (κ2) is 4.33. The standard InChI is InChI=1S/C10H9N2O4P/c13-10-9(17(14,15)16)8(11-12-10)6-7-4-2-1-3-5-7/h1-5H,6H2,(H2,14,15,16). The summed E-state index contributed by atoms with van der Waals surface area (Å²) in [6, 6.07) is 8.97. The highest BCUT2D eigenvalue weighted by molar-refractivity contribution is 7.58. The molecule has 0 fully saturated rings. The number of hydrogen-bond acceptors (Lipinski definition) is 3. The molecule has 0 aliphatic carbocycles. The highest BCUT2D eigenvalue weighted by Crippen LogP contribution is 2.49. The Bertz CT molecular complexity index is 559. The molecule has 2 rings (SSSR count). The van der Waals surface area contributed by atoms with Gasteiger partial charge in [-0.05, 0) is 5.56 Å². The van der Waals surface area contributed by atoms with E-state index >= 15 is 0 Å². The van der Waals surface area contributed by atoms with Crippen LogP contribution >= 0.6 is 7.60 Å². The van der Waals surface area contributed by atoms with Gasteiger partial charge in [0.15, 0.2) is 5.31 Å². The number of rotatable bonds is 3. The van der Waals surface area contributed by atoms with Crippen molar-refractivity contribution < 1.29 is 19.1 Å². The zero-order valence-corrected chi connectivity index (χ0v) is 9.54. The van der Waals surface area contributed by atoms with Crippen LogP contribution in [0.5, 0.6) is 0 Å². The fraction of sp³-hybridized carbons (Fsp3) is 0.100. The molecule has 2 N–H and O–H groups in total. The molecule has 0 saturated heterocycles. The quantitative estimate of drug-likeness (QED) is 0.798. The number of carbonyl (C=O) groups excluding carboxylic acids is 1. The zero-order valence-electron chi connectivity index (χ0n) is 8.65. The summed E-state index contributed by atoms with van der Waals surface area (Å²) in [5.74, 6) is -0.954. The fourth-order valence-corrected chi connectivity index (χ4v) is 2.28. The molecular formula is C10H9N2O4P. The van der Waals surface area contributed by atoms with Gasteiger partial charge in [-0.2, -0.15) is 5.11 Å². The summed E-state index contributed by atoms with van der Waals surface area (Å²) in [6.45, 7) is 0. The van der Waals surface area contributed by atoms with Crippen LogP contribution in [0.2, 0.25) is 0 Å². The molecule has 1 aromatic rings. The lowest BCUT2D eigenvalue weighted by molar-refractivity contribution is -0.113. The van der Waals surface area contributed by atoms with Crippen molar-refractivity contribution in [1.29, 1.82) is 0 Å². The molecular weight excluding hydrogens is 243 g/mol. The van der Waals surface area contributed by atoms with Crippen molar-refractivity contribution in [2.75, 3.05) is 0 Å². The molecule has 1 heterocycles. The van der Waals surface area contributed by atoms with Crippen LogP contribution in [-0.4, -0.2) is 15.7 Å². The van der Waals surface area contributed by atoms with Crippen LogP contribution < -0.4 is 0 Å². The third-order valence-corrected chi connectivity index (χ3v) is 3.28. The van der Waals surface area contributed by atoms with E-state index in [2.05, 4.69) is 10.2 Å². The highest BCUT2D eigenvalue weighted by Gasteiger charge is 2.35. The van der Waals surface area contributed by atoms with E-state index in [1.807, 2.05) is 6.07 Å². The minimum atomic E-state index is -4.62. The van der Waals surface area contributed by atoms with Gasteiger partial charge in [-0.1, -0.05) is 30.3 Å². The lowest BCUT2D eigenvalue weighted by Gasteiger charge is -2.04. The molecule has 1 aliphatic heterocycles. The van der Waals surface area contributed by atoms with E-state index in [1.54, 1.807) is 24.3 Å². The summed E-state index contributed by atoms with van der Waals surface area (Å²) < 4.78 is 11.1. The molecule has 0 radical (unpaired) electrons. The van der Waals surface area contributed by atoms with E-state index in [0.29, 0.717) is 0 Å². The van der Waals surface area contributed by atoms with Crippen molar-refractivity contribution in [2.45, 2.75) is 6.42 Å². The minimum absolute atomic E-state index is 0.0366. The van der Waals surface area contributed by atoms with Crippen LogP contribution in [0.1, 0.15) is 5.56 Å². The first-order valence-electron chi connectivity index (χ1n) is 4.78. The maximum absolute atomic E-state index is 11.2. The largest absolute Gasteiger partial charge is 0.363 e. The van der Waals surface area contributed by atoms with Gasteiger partial charge < -0.3 is 9.79 Å². The average molecular weight is 252 g/mol. The minimum Gasteiger partial charge on any atom is -0.321 e. The van der Waals surface area contributed by atoms with Gasteiger partial charge in [0.25, 0.3) is 0 Å². The van der Waals surface area contributed by atoms with Crippen LogP contribution in [0.3, 0.4) is 0 Å². The number of nitrogens with zero attached hydrogens (tertiary/aromatic N) is 2. The maximum Gasteiger partial charge on any atom is 0.363 e. The highest BCUT2D eigenvalue weighted by atomic mass is 31.2. The van der Waals surface area contributed by atoms with Gasteiger partial charge in [0.1, 0.15) is 0 Å². The van der Waals surface area contributed by atoms with Crippen LogP contribution in [0.4, 0.5) is 0 Å². The second-order valence-electron chi connectivity index (χ2n) is 3.51. The molecule has 1 aromatic carbocycles. The summed E-state index contributed by atoms with van der Waals surface area (Å²) in [4.78, 5) is 29.3. The first-order valence-corrected chi connectivity index (χ1v) is 6.39. The van der Waals surface area contributed by atoms with Gasteiger partial charge >= 0.3 is 13.5 Å². The Morgan fingerprint density at radius 2 is 1.76 bits per heavy atom. The number of benzene rings is 1.